The number of rotatable bonds is 4. The van der Waals surface area contributed by atoms with Gasteiger partial charge < -0.3 is 10.1 Å². The lowest BCUT2D eigenvalue weighted by atomic mass is 10.1. The number of benzene rings is 2. The molecule has 2 aromatic rings. The quantitative estimate of drug-likeness (QED) is 0.920. The van der Waals surface area contributed by atoms with Crippen molar-refractivity contribution < 1.29 is 9.13 Å². The molecule has 2 aromatic carbocycles. The van der Waals surface area contributed by atoms with E-state index in [4.69, 9.17) is 10.00 Å². The Hall–Kier alpha value is -2.38. The highest BCUT2D eigenvalue weighted by Gasteiger charge is 2.16. The Balaban J connectivity index is 2.47. The second-order valence-electron chi connectivity index (χ2n) is 4.86. The van der Waals surface area contributed by atoms with Crippen molar-refractivity contribution in [1.29, 1.82) is 5.26 Å². The van der Waals surface area contributed by atoms with E-state index in [0.717, 1.165) is 11.1 Å². The molecule has 3 nitrogen and oxygen atoms in total. The number of nitrogens with one attached hydrogen (secondary N) is 1. The van der Waals surface area contributed by atoms with Gasteiger partial charge in [0.15, 0.2) is 11.6 Å². The normalized spacial score (nSPS) is 11.8. The topological polar surface area (TPSA) is 45.0 Å². The molecule has 0 fully saturated rings. The fourth-order valence-electron chi connectivity index (χ4n) is 2.02. The summed E-state index contributed by atoms with van der Waals surface area (Å²) >= 11 is 0. The molecule has 0 aliphatic rings. The highest BCUT2D eigenvalue weighted by molar-refractivity contribution is 5.46. The third-order valence-corrected chi connectivity index (χ3v) is 3.43. The zero-order valence-corrected chi connectivity index (χ0v) is 12.3. The maximum absolute atomic E-state index is 14.1. The third-order valence-electron chi connectivity index (χ3n) is 3.43. The van der Waals surface area contributed by atoms with E-state index < -0.39 is 5.82 Å². The first kappa shape index (κ1) is 15.0. The predicted octanol–water partition coefficient (Wildman–Crippen LogP) is 4.08. The summed E-state index contributed by atoms with van der Waals surface area (Å²) in [6.07, 6.45) is 0. The summed E-state index contributed by atoms with van der Waals surface area (Å²) in [4.78, 5) is 0. The summed E-state index contributed by atoms with van der Waals surface area (Å²) in [7, 11) is 1.81. The molecule has 2 rings (SSSR count). The molecule has 0 aromatic heterocycles. The van der Waals surface area contributed by atoms with E-state index in [2.05, 4.69) is 11.4 Å². The first-order valence-corrected chi connectivity index (χ1v) is 6.71. The average molecular weight is 284 g/mol. The summed E-state index contributed by atoms with van der Waals surface area (Å²) in [6.45, 7) is 3.79. The zero-order valence-electron chi connectivity index (χ0n) is 12.3. The molecule has 4 heteroatoms. The highest BCUT2D eigenvalue weighted by Crippen LogP contribution is 2.33. The Kier molecular flexibility index (Phi) is 4.56. The van der Waals surface area contributed by atoms with Crippen LogP contribution in [0.2, 0.25) is 0 Å². The molecule has 0 spiro atoms. The Morgan fingerprint density at radius 1 is 1.29 bits per heavy atom. The third kappa shape index (κ3) is 3.21. The lowest BCUT2D eigenvalue weighted by molar-refractivity contribution is 0.426. The molecule has 0 aliphatic heterocycles. The standard InChI is InChI=1S/C17H17FN2O/c1-11-7-8-13(10-19)9-16(11)21-17-14(12(2)20-3)5-4-6-15(17)18/h4-9,12,20H,1-3H3. The van der Waals surface area contributed by atoms with Crippen LogP contribution in [0.15, 0.2) is 36.4 Å². The van der Waals surface area contributed by atoms with Crippen molar-refractivity contribution in [3.05, 3.63) is 58.9 Å². The van der Waals surface area contributed by atoms with Crippen LogP contribution >= 0.6 is 0 Å². The molecule has 1 unspecified atom stereocenters. The van der Waals surface area contributed by atoms with E-state index >= 15 is 0 Å². The maximum atomic E-state index is 14.1. The average Bonchev–Trinajstić information content (AvgIpc) is 2.50. The van der Waals surface area contributed by atoms with Gasteiger partial charge in [-0.15, -0.1) is 0 Å². The predicted molar refractivity (Wildman–Crippen MR) is 79.8 cm³/mol. The molecule has 0 saturated carbocycles. The molecular formula is C17H17FN2O. The van der Waals surface area contributed by atoms with Gasteiger partial charge in [0, 0.05) is 11.6 Å². The number of nitriles is 1. The minimum Gasteiger partial charge on any atom is -0.454 e. The van der Waals surface area contributed by atoms with Crippen molar-refractivity contribution in [2.24, 2.45) is 0 Å². The van der Waals surface area contributed by atoms with E-state index in [1.54, 1.807) is 31.3 Å². The smallest absolute Gasteiger partial charge is 0.167 e. The molecular weight excluding hydrogens is 267 g/mol. The largest absolute Gasteiger partial charge is 0.454 e. The molecule has 108 valence electrons. The van der Waals surface area contributed by atoms with E-state index in [9.17, 15) is 4.39 Å². The van der Waals surface area contributed by atoms with Crippen molar-refractivity contribution in [2.45, 2.75) is 19.9 Å². The molecule has 1 atom stereocenters. The van der Waals surface area contributed by atoms with E-state index in [0.29, 0.717) is 11.3 Å². The van der Waals surface area contributed by atoms with Crippen molar-refractivity contribution in [1.82, 2.24) is 5.32 Å². The molecule has 0 amide bonds. The first-order valence-electron chi connectivity index (χ1n) is 6.71. The molecule has 21 heavy (non-hydrogen) atoms. The lowest BCUT2D eigenvalue weighted by Gasteiger charge is -2.18. The number of nitrogens with zero attached hydrogens (tertiary/aromatic N) is 1. The van der Waals surface area contributed by atoms with Gasteiger partial charge in [-0.05, 0) is 44.7 Å². The Morgan fingerprint density at radius 3 is 2.71 bits per heavy atom. The zero-order chi connectivity index (χ0) is 15.4. The van der Waals surface area contributed by atoms with Crippen LogP contribution in [0.1, 0.15) is 29.7 Å². The van der Waals surface area contributed by atoms with Crippen LogP contribution in [0, 0.1) is 24.1 Å². The number of aryl methyl sites for hydroxylation is 1. The van der Waals surface area contributed by atoms with Crippen LogP contribution in [0.3, 0.4) is 0 Å². The van der Waals surface area contributed by atoms with Gasteiger partial charge in [-0.3, -0.25) is 0 Å². The summed E-state index contributed by atoms with van der Waals surface area (Å²) in [5.74, 6) is 0.262. The van der Waals surface area contributed by atoms with Gasteiger partial charge in [0.2, 0.25) is 0 Å². The van der Waals surface area contributed by atoms with Gasteiger partial charge in [0.1, 0.15) is 5.75 Å². The summed E-state index contributed by atoms with van der Waals surface area (Å²) in [6, 6.07) is 12.0. The van der Waals surface area contributed by atoms with Crippen LogP contribution in [0.5, 0.6) is 11.5 Å². The van der Waals surface area contributed by atoms with Gasteiger partial charge in [-0.25, -0.2) is 4.39 Å². The number of hydrogen-bond acceptors (Lipinski definition) is 3. The maximum Gasteiger partial charge on any atom is 0.167 e. The van der Waals surface area contributed by atoms with Crippen LogP contribution in [-0.2, 0) is 0 Å². The van der Waals surface area contributed by atoms with Gasteiger partial charge >= 0.3 is 0 Å². The molecule has 0 radical (unpaired) electrons. The molecule has 0 saturated heterocycles. The molecule has 0 bridgehead atoms. The molecule has 0 heterocycles. The Morgan fingerprint density at radius 2 is 2.05 bits per heavy atom. The van der Waals surface area contributed by atoms with Crippen LogP contribution in [0.25, 0.3) is 0 Å². The van der Waals surface area contributed by atoms with Crippen molar-refractivity contribution >= 4 is 0 Å². The molecule has 1 N–H and O–H groups in total. The minimum atomic E-state index is -0.420. The van der Waals surface area contributed by atoms with Crippen LogP contribution < -0.4 is 10.1 Å². The van der Waals surface area contributed by atoms with Crippen LogP contribution in [-0.4, -0.2) is 7.05 Å². The van der Waals surface area contributed by atoms with Crippen molar-refractivity contribution in [3.8, 4) is 17.6 Å². The van der Waals surface area contributed by atoms with E-state index in [-0.39, 0.29) is 11.8 Å². The van der Waals surface area contributed by atoms with Gasteiger partial charge in [0.25, 0.3) is 0 Å². The summed E-state index contributed by atoms with van der Waals surface area (Å²) in [5.41, 5.74) is 2.06. The summed E-state index contributed by atoms with van der Waals surface area (Å²) < 4.78 is 19.9. The number of para-hydroxylation sites is 1. The second-order valence-corrected chi connectivity index (χ2v) is 4.86. The molecule has 0 aliphatic carbocycles. The number of halogens is 1. The van der Waals surface area contributed by atoms with Gasteiger partial charge in [0.05, 0.1) is 11.6 Å². The monoisotopic (exact) mass is 284 g/mol. The Labute approximate surface area is 124 Å². The first-order chi connectivity index (χ1) is 10.1. The fraction of sp³-hybridized carbons (Fsp3) is 0.235. The minimum absolute atomic E-state index is 0.0462. The number of hydrogen-bond donors (Lipinski definition) is 1. The van der Waals surface area contributed by atoms with Gasteiger partial charge in [-0.1, -0.05) is 18.2 Å². The van der Waals surface area contributed by atoms with Crippen molar-refractivity contribution in [2.75, 3.05) is 7.05 Å². The van der Waals surface area contributed by atoms with Crippen LogP contribution in [0.4, 0.5) is 4.39 Å². The Bertz CT molecular complexity index is 692. The fourth-order valence-corrected chi connectivity index (χ4v) is 2.02. The lowest BCUT2D eigenvalue weighted by Crippen LogP contribution is -2.13. The second kappa shape index (κ2) is 6.38. The summed E-state index contributed by atoms with van der Waals surface area (Å²) in [5, 5.41) is 12.0. The van der Waals surface area contributed by atoms with E-state index in [1.165, 1.54) is 6.07 Å². The number of ether oxygens (including phenoxy) is 1. The van der Waals surface area contributed by atoms with Gasteiger partial charge in [-0.2, -0.15) is 5.26 Å². The SMILES string of the molecule is CNC(C)c1cccc(F)c1Oc1cc(C#N)ccc1C. The van der Waals surface area contributed by atoms with Crippen molar-refractivity contribution in [3.63, 3.8) is 0 Å². The highest BCUT2D eigenvalue weighted by atomic mass is 19.1. The van der Waals surface area contributed by atoms with E-state index in [1.807, 2.05) is 19.9 Å².